The minimum absolute atomic E-state index is 0.151. The van der Waals surface area contributed by atoms with Crippen LogP contribution in [0.2, 0.25) is 0 Å². The molecule has 4 amide bonds. The van der Waals surface area contributed by atoms with E-state index in [1.807, 2.05) is 0 Å². The molecule has 0 saturated carbocycles. The largest absolute Gasteiger partial charge is 0.439 e. The van der Waals surface area contributed by atoms with Gasteiger partial charge in [-0.2, -0.15) is 13.2 Å². The minimum Gasteiger partial charge on any atom is -0.439 e. The summed E-state index contributed by atoms with van der Waals surface area (Å²) in [5.74, 6) is -0.527. The van der Waals surface area contributed by atoms with Crippen LogP contribution in [-0.2, 0) is 15.7 Å². The van der Waals surface area contributed by atoms with Gasteiger partial charge in [-0.15, -0.1) is 0 Å². The van der Waals surface area contributed by atoms with Gasteiger partial charge in [-0.25, -0.2) is 14.5 Å². The number of carbonyl (C=O) groups excluding carboxylic acids is 3. The molecule has 0 spiro atoms. The Morgan fingerprint density at radius 2 is 1.72 bits per heavy atom. The smallest absolute Gasteiger partial charge is 0.417 e. The van der Waals surface area contributed by atoms with E-state index in [9.17, 15) is 27.6 Å². The lowest BCUT2D eigenvalue weighted by atomic mass is 10.1. The maximum absolute atomic E-state index is 12.6. The normalized spacial score (nSPS) is 15.1. The van der Waals surface area contributed by atoms with Crippen molar-refractivity contribution >= 4 is 23.7 Å². The van der Waals surface area contributed by atoms with Gasteiger partial charge < -0.3 is 15.4 Å². The quantitative estimate of drug-likeness (QED) is 0.794. The van der Waals surface area contributed by atoms with Crippen LogP contribution < -0.4 is 10.6 Å². The number of anilines is 1. The van der Waals surface area contributed by atoms with Crippen LogP contribution >= 0.6 is 0 Å². The minimum atomic E-state index is -4.48. The van der Waals surface area contributed by atoms with Crippen molar-refractivity contribution in [3.05, 3.63) is 65.7 Å². The van der Waals surface area contributed by atoms with E-state index >= 15 is 0 Å². The van der Waals surface area contributed by atoms with Crippen LogP contribution in [0.1, 0.15) is 17.2 Å². The molecule has 1 aliphatic heterocycles. The lowest BCUT2D eigenvalue weighted by Gasteiger charge is -2.23. The molecule has 29 heavy (non-hydrogen) atoms. The molecule has 7 nitrogen and oxygen atoms in total. The summed E-state index contributed by atoms with van der Waals surface area (Å²) in [6.07, 6.45) is -5.28. The van der Waals surface area contributed by atoms with Gasteiger partial charge in [0.15, 0.2) is 6.61 Å². The molecule has 1 heterocycles. The summed E-state index contributed by atoms with van der Waals surface area (Å²) in [6.45, 7) is -0.514. The number of hydrogen-bond acceptors (Lipinski definition) is 4. The van der Waals surface area contributed by atoms with Crippen LogP contribution in [-0.4, -0.2) is 36.1 Å². The van der Waals surface area contributed by atoms with E-state index in [1.165, 1.54) is 0 Å². The number of imide groups is 1. The highest BCUT2D eigenvalue weighted by Crippen LogP contribution is 2.29. The van der Waals surface area contributed by atoms with Gasteiger partial charge in [0.1, 0.15) is 0 Å². The molecule has 0 bridgehead atoms. The van der Waals surface area contributed by atoms with E-state index in [1.54, 1.807) is 30.3 Å². The average molecular weight is 407 g/mol. The average Bonchev–Trinajstić information content (AvgIpc) is 3.00. The number of cyclic esters (lactones) is 1. The van der Waals surface area contributed by atoms with Gasteiger partial charge >= 0.3 is 18.3 Å². The molecule has 0 radical (unpaired) electrons. The highest BCUT2D eigenvalue weighted by molar-refractivity contribution is 5.98. The number of nitrogens with one attached hydrogen (secondary N) is 2. The van der Waals surface area contributed by atoms with Crippen LogP contribution in [0.3, 0.4) is 0 Å². The van der Waals surface area contributed by atoms with Crippen LogP contribution in [0, 0.1) is 0 Å². The number of rotatable bonds is 5. The second-order valence-corrected chi connectivity index (χ2v) is 6.20. The zero-order valence-corrected chi connectivity index (χ0v) is 14.9. The number of carbonyl (C=O) groups is 3. The predicted octanol–water partition coefficient (Wildman–Crippen LogP) is 3.55. The number of nitrogens with zero attached hydrogens (tertiary/aromatic N) is 1. The summed E-state index contributed by atoms with van der Waals surface area (Å²) in [5.41, 5.74) is -0.0572. The first-order valence-corrected chi connectivity index (χ1v) is 8.51. The van der Waals surface area contributed by atoms with Gasteiger partial charge in [0.25, 0.3) is 5.91 Å². The third kappa shape index (κ3) is 5.03. The molecule has 152 valence electrons. The van der Waals surface area contributed by atoms with E-state index in [0.717, 1.165) is 29.2 Å². The number of ether oxygens (including phenoxy) is 1. The van der Waals surface area contributed by atoms with Crippen LogP contribution in [0.4, 0.5) is 28.4 Å². The Bertz CT molecular complexity index is 885. The monoisotopic (exact) mass is 407 g/mol. The number of halogens is 3. The number of amides is 4. The zero-order valence-electron chi connectivity index (χ0n) is 14.9. The summed E-state index contributed by atoms with van der Waals surface area (Å²) < 4.78 is 42.6. The van der Waals surface area contributed by atoms with Gasteiger partial charge in [-0.05, 0) is 29.8 Å². The maximum Gasteiger partial charge on any atom is 0.417 e. The summed E-state index contributed by atoms with van der Waals surface area (Å²) in [6, 6.07) is 11.1. The van der Waals surface area contributed by atoms with Crippen LogP contribution in [0.25, 0.3) is 0 Å². The lowest BCUT2D eigenvalue weighted by molar-refractivity contribution is -0.137. The van der Waals surface area contributed by atoms with Gasteiger partial charge in [-0.1, -0.05) is 30.3 Å². The Labute approximate surface area is 163 Å². The number of alkyl halides is 3. The van der Waals surface area contributed by atoms with Crippen molar-refractivity contribution < 1.29 is 32.3 Å². The van der Waals surface area contributed by atoms with E-state index in [-0.39, 0.29) is 18.8 Å². The van der Waals surface area contributed by atoms with Crippen molar-refractivity contribution in [1.29, 1.82) is 0 Å². The predicted molar refractivity (Wildman–Crippen MR) is 95.8 cm³/mol. The number of benzene rings is 2. The third-order valence-electron chi connectivity index (χ3n) is 4.18. The highest BCUT2D eigenvalue weighted by atomic mass is 19.4. The molecule has 2 aromatic carbocycles. The van der Waals surface area contributed by atoms with Crippen molar-refractivity contribution in [2.75, 3.05) is 18.5 Å². The van der Waals surface area contributed by atoms with E-state index in [4.69, 9.17) is 0 Å². The maximum atomic E-state index is 12.6. The lowest BCUT2D eigenvalue weighted by Crippen LogP contribution is -2.41. The Morgan fingerprint density at radius 1 is 1.07 bits per heavy atom. The molecule has 1 aliphatic rings. The first kappa shape index (κ1) is 20.2. The van der Waals surface area contributed by atoms with Crippen LogP contribution in [0.15, 0.2) is 54.6 Å². The summed E-state index contributed by atoms with van der Waals surface area (Å²) in [4.78, 5) is 36.7. The van der Waals surface area contributed by atoms with E-state index in [2.05, 4.69) is 15.4 Å². The molecule has 10 heteroatoms. The summed E-state index contributed by atoms with van der Waals surface area (Å²) >= 11 is 0. The van der Waals surface area contributed by atoms with Gasteiger partial charge in [0.2, 0.25) is 0 Å². The van der Waals surface area contributed by atoms with E-state index < -0.39 is 35.8 Å². The fourth-order valence-electron chi connectivity index (χ4n) is 2.73. The van der Waals surface area contributed by atoms with Gasteiger partial charge in [-0.3, -0.25) is 4.79 Å². The van der Waals surface area contributed by atoms with Gasteiger partial charge in [0.05, 0.1) is 18.2 Å². The molecule has 1 saturated heterocycles. The Hall–Kier alpha value is -3.56. The molecule has 2 N–H and O–H groups in total. The zero-order chi connectivity index (χ0) is 21.0. The first-order chi connectivity index (χ1) is 13.7. The Morgan fingerprint density at radius 3 is 2.28 bits per heavy atom. The molecule has 0 aliphatic carbocycles. The molecule has 0 aromatic heterocycles. The number of hydrogen-bond donors (Lipinski definition) is 2. The second kappa shape index (κ2) is 8.21. The molecule has 1 fully saturated rings. The summed E-state index contributed by atoms with van der Waals surface area (Å²) in [5, 5.41) is 5.05. The Kier molecular flexibility index (Phi) is 5.71. The van der Waals surface area contributed by atoms with E-state index in [0.29, 0.717) is 5.56 Å². The van der Waals surface area contributed by atoms with Crippen LogP contribution in [0.5, 0.6) is 0 Å². The topological polar surface area (TPSA) is 87.7 Å². The van der Waals surface area contributed by atoms with Crippen molar-refractivity contribution in [3.63, 3.8) is 0 Å². The molecule has 1 atom stereocenters. The van der Waals surface area contributed by atoms with Crippen molar-refractivity contribution in [2.24, 2.45) is 0 Å². The standard InChI is InChI=1S/C19H16F3N3O4/c20-19(21,22)13-6-8-14(9-7-13)23-17(27)24-15(12-4-2-1-3-5-12)10-25-16(26)11-29-18(25)28/h1-9,15H,10-11H2,(H2,23,24,27). The Balaban J connectivity index is 1.71. The summed E-state index contributed by atoms with van der Waals surface area (Å²) in [7, 11) is 0. The van der Waals surface area contributed by atoms with Gasteiger partial charge in [0, 0.05) is 5.69 Å². The second-order valence-electron chi connectivity index (χ2n) is 6.20. The molecule has 1 unspecified atom stereocenters. The number of urea groups is 1. The fourth-order valence-corrected chi connectivity index (χ4v) is 2.73. The van der Waals surface area contributed by atoms with Crippen molar-refractivity contribution in [3.8, 4) is 0 Å². The SMILES string of the molecule is O=C(Nc1ccc(C(F)(F)F)cc1)NC(CN1C(=O)COC1=O)c1ccccc1. The first-order valence-electron chi connectivity index (χ1n) is 8.51. The van der Waals surface area contributed by atoms with Crippen molar-refractivity contribution in [2.45, 2.75) is 12.2 Å². The molecule has 3 rings (SSSR count). The fraction of sp³-hybridized carbons (Fsp3) is 0.211. The van der Waals surface area contributed by atoms with Crippen molar-refractivity contribution in [1.82, 2.24) is 10.2 Å². The molecule has 2 aromatic rings. The molecular weight excluding hydrogens is 391 g/mol. The molecular formula is C19H16F3N3O4. The highest BCUT2D eigenvalue weighted by Gasteiger charge is 2.34. The third-order valence-corrected chi connectivity index (χ3v) is 4.18.